The number of aromatic nitrogens is 2. The molecule has 1 aromatic heterocycles. The number of primary amides is 1. The van der Waals surface area contributed by atoms with Gasteiger partial charge in [-0.1, -0.05) is 38.2 Å². The fourth-order valence-corrected chi connectivity index (χ4v) is 6.91. The number of thioether (sulfide) groups is 1. The van der Waals surface area contributed by atoms with Gasteiger partial charge in [0.2, 0.25) is 35.4 Å². The van der Waals surface area contributed by atoms with Gasteiger partial charge in [-0.05, 0) is 93.9 Å². The molecular formula is C40H61N9O7S2. The van der Waals surface area contributed by atoms with Crippen LogP contribution in [0.1, 0.15) is 89.8 Å². The minimum Gasteiger partial charge on any atom is -0.494 e. The summed E-state index contributed by atoms with van der Waals surface area (Å²) in [6.07, 6.45) is 9.31. The van der Waals surface area contributed by atoms with Gasteiger partial charge < -0.3 is 47.4 Å². The SMILES string of the molecule is CSCC[C@H](NC(=O)[C@H](CC(C)C)NC(=O)[C@H](CCCCNC(C)=S)NC(=O)[C@@H]1Cc2ccc(cc2)OCCCCCC(=O)N[C@@H](Cc2cnc[nH]2)C(=O)N1)C(N)=O. The van der Waals surface area contributed by atoms with E-state index in [0.29, 0.717) is 66.6 Å². The summed E-state index contributed by atoms with van der Waals surface area (Å²) in [5.74, 6) is -2.15. The van der Waals surface area contributed by atoms with Crippen LogP contribution in [0.2, 0.25) is 0 Å². The maximum Gasteiger partial charge on any atom is 0.243 e. The lowest BCUT2D eigenvalue weighted by Gasteiger charge is -2.28. The maximum atomic E-state index is 14.3. The van der Waals surface area contributed by atoms with Crippen molar-refractivity contribution in [3.63, 3.8) is 0 Å². The third-order valence-corrected chi connectivity index (χ3v) is 10.3. The van der Waals surface area contributed by atoms with Gasteiger partial charge in [-0.3, -0.25) is 28.8 Å². The van der Waals surface area contributed by atoms with Crippen molar-refractivity contribution < 1.29 is 33.5 Å². The number of carbonyl (C=O) groups is 6. The fraction of sp³-hybridized carbons (Fsp3) is 0.600. The number of amides is 6. The van der Waals surface area contributed by atoms with E-state index in [-0.39, 0.29) is 43.9 Å². The molecule has 4 rings (SSSR count). The first kappa shape index (κ1) is 47.7. The lowest BCUT2D eigenvalue weighted by molar-refractivity contribution is -0.135. The monoisotopic (exact) mass is 843 g/mol. The van der Waals surface area contributed by atoms with Gasteiger partial charge in [-0.25, -0.2) is 4.98 Å². The highest BCUT2D eigenvalue weighted by Gasteiger charge is 2.33. The Kier molecular flexibility index (Phi) is 21.0. The number of thiocarbonyl (C=S) groups is 1. The van der Waals surface area contributed by atoms with Crippen molar-refractivity contribution in [3.8, 4) is 5.75 Å². The molecular weight excluding hydrogens is 783 g/mol. The second kappa shape index (κ2) is 25.6. The maximum absolute atomic E-state index is 14.3. The molecule has 9 N–H and O–H groups in total. The van der Waals surface area contributed by atoms with Crippen LogP contribution < -0.4 is 42.4 Å². The van der Waals surface area contributed by atoms with E-state index in [1.165, 1.54) is 18.1 Å². The summed E-state index contributed by atoms with van der Waals surface area (Å²) in [5.41, 5.74) is 6.92. The molecule has 1 aromatic carbocycles. The quantitative estimate of drug-likeness (QED) is 0.0752. The van der Waals surface area contributed by atoms with Crippen LogP contribution in [0, 0.1) is 5.92 Å². The first-order valence-corrected chi connectivity index (χ1v) is 21.8. The van der Waals surface area contributed by atoms with Gasteiger partial charge in [0, 0.05) is 37.7 Å². The van der Waals surface area contributed by atoms with Crippen LogP contribution in [0.4, 0.5) is 0 Å². The molecule has 0 radical (unpaired) electrons. The number of imidazole rings is 1. The molecule has 6 amide bonds. The average Bonchev–Trinajstić information content (AvgIpc) is 3.69. The lowest BCUT2D eigenvalue weighted by atomic mass is 10.0. The zero-order valence-electron chi connectivity index (χ0n) is 34.0. The number of nitrogens with one attached hydrogen (secondary N) is 7. The molecule has 320 valence electrons. The molecule has 2 aliphatic rings. The summed E-state index contributed by atoms with van der Waals surface area (Å²) in [7, 11) is 0. The highest BCUT2D eigenvalue weighted by Crippen LogP contribution is 2.16. The Bertz CT molecular complexity index is 1640. The molecule has 0 aliphatic carbocycles. The molecule has 5 atom stereocenters. The number of nitrogens with two attached hydrogens (primary N) is 1. The first-order chi connectivity index (χ1) is 27.7. The standard InChI is InChI=1S/C40H61N9O7S2/c1-25(2)20-32(38(53)46-30(36(41)51)16-19-58-4)48-37(52)31(10-7-8-17-43-26(3)57)47-39(54)33-21-27-12-14-29(15-13-27)56-18-9-5-6-11-35(50)45-34(40(55)49-33)22-28-23-42-24-44-28/h12-15,23-25,30-34H,5-11,16-22H2,1-4H3,(H2,41,51)(H,42,44)(H,43,57)(H,45,50)(H,46,53)(H,47,54)(H,48,52)(H,49,55)/t30-,31-,32-,33-,34-/m0/s1. The summed E-state index contributed by atoms with van der Waals surface area (Å²) in [6.45, 7) is 6.60. The van der Waals surface area contributed by atoms with Crippen molar-refractivity contribution in [2.75, 3.05) is 25.2 Å². The summed E-state index contributed by atoms with van der Waals surface area (Å²) in [6, 6.07) is 1.96. The zero-order valence-corrected chi connectivity index (χ0v) is 35.7. The average molecular weight is 844 g/mol. The fourth-order valence-electron chi connectivity index (χ4n) is 6.33. The molecule has 0 saturated heterocycles. The Morgan fingerprint density at radius 2 is 1.69 bits per heavy atom. The van der Waals surface area contributed by atoms with Crippen LogP contribution in [-0.4, -0.2) is 106 Å². The Hall–Kier alpha value is -4.71. The summed E-state index contributed by atoms with van der Waals surface area (Å²) >= 11 is 6.64. The van der Waals surface area contributed by atoms with Crippen molar-refractivity contribution in [3.05, 3.63) is 48.0 Å². The number of benzene rings is 1. The van der Waals surface area contributed by atoms with E-state index < -0.39 is 59.7 Å². The number of rotatable bonds is 19. The number of fused-ring (bicyclic) bond motifs is 14. The minimum atomic E-state index is -1.17. The Morgan fingerprint density at radius 1 is 0.966 bits per heavy atom. The van der Waals surface area contributed by atoms with Crippen LogP contribution in [0.25, 0.3) is 0 Å². The highest BCUT2D eigenvalue weighted by atomic mass is 32.2. The van der Waals surface area contributed by atoms with Crippen LogP contribution in [-0.2, 0) is 41.6 Å². The van der Waals surface area contributed by atoms with Gasteiger partial charge in [0.05, 0.1) is 17.9 Å². The Morgan fingerprint density at radius 3 is 2.34 bits per heavy atom. The molecule has 0 spiro atoms. The second-order valence-electron chi connectivity index (χ2n) is 14.9. The van der Waals surface area contributed by atoms with E-state index in [9.17, 15) is 28.8 Å². The van der Waals surface area contributed by atoms with Gasteiger partial charge in [0.25, 0.3) is 0 Å². The zero-order chi connectivity index (χ0) is 42.5. The predicted octanol–water partition coefficient (Wildman–Crippen LogP) is 1.96. The number of unbranched alkanes of at least 4 members (excludes halogenated alkanes) is 1. The molecule has 2 bridgehead atoms. The molecule has 0 fully saturated rings. The first-order valence-electron chi connectivity index (χ1n) is 20.0. The number of nitrogens with zero attached hydrogens (tertiary/aromatic N) is 1. The smallest absolute Gasteiger partial charge is 0.243 e. The van der Waals surface area contributed by atoms with Gasteiger partial charge in [-0.2, -0.15) is 11.8 Å². The van der Waals surface area contributed by atoms with Gasteiger partial charge in [0.1, 0.15) is 36.0 Å². The Balaban J connectivity index is 1.92. The van der Waals surface area contributed by atoms with Gasteiger partial charge >= 0.3 is 0 Å². The lowest BCUT2D eigenvalue weighted by Crippen LogP contribution is -2.59. The van der Waals surface area contributed by atoms with Crippen LogP contribution in [0.15, 0.2) is 36.8 Å². The largest absolute Gasteiger partial charge is 0.494 e. The van der Waals surface area contributed by atoms with Crippen LogP contribution >= 0.6 is 24.0 Å². The van der Waals surface area contributed by atoms with E-state index >= 15 is 0 Å². The van der Waals surface area contributed by atoms with E-state index in [2.05, 4.69) is 41.9 Å². The minimum absolute atomic E-state index is 0.0174. The summed E-state index contributed by atoms with van der Waals surface area (Å²) < 4.78 is 5.88. The molecule has 18 heteroatoms. The molecule has 3 heterocycles. The highest BCUT2D eigenvalue weighted by molar-refractivity contribution is 7.98. The van der Waals surface area contributed by atoms with Crippen LogP contribution in [0.3, 0.4) is 0 Å². The molecule has 16 nitrogen and oxygen atoms in total. The predicted molar refractivity (Wildman–Crippen MR) is 228 cm³/mol. The van der Waals surface area contributed by atoms with Crippen molar-refractivity contribution in [2.24, 2.45) is 11.7 Å². The Labute approximate surface area is 350 Å². The third-order valence-electron chi connectivity index (χ3n) is 9.48. The molecule has 0 saturated carbocycles. The topological polar surface area (TPSA) is 239 Å². The van der Waals surface area contributed by atoms with Crippen molar-refractivity contribution in [1.82, 2.24) is 41.9 Å². The van der Waals surface area contributed by atoms with Gasteiger partial charge in [-0.15, -0.1) is 0 Å². The number of hydrogen-bond acceptors (Lipinski definition) is 10. The van der Waals surface area contributed by atoms with Crippen LogP contribution in [0.5, 0.6) is 5.75 Å². The summed E-state index contributed by atoms with van der Waals surface area (Å²) in [4.78, 5) is 88.8. The normalized spacial score (nSPS) is 18.0. The molecule has 2 aromatic rings. The van der Waals surface area contributed by atoms with E-state index in [0.717, 1.165) is 12.8 Å². The molecule has 0 unspecified atom stereocenters. The number of aromatic amines is 1. The number of hydrogen-bond donors (Lipinski definition) is 8. The number of ether oxygens (including phenoxy) is 1. The summed E-state index contributed by atoms with van der Waals surface area (Å²) in [5, 5.41) is 17.2. The van der Waals surface area contributed by atoms with Crippen molar-refractivity contribution in [1.29, 1.82) is 0 Å². The number of carbonyl (C=O) groups excluding carboxylic acids is 6. The number of H-pyrrole nitrogens is 1. The van der Waals surface area contributed by atoms with Crippen molar-refractivity contribution >= 4 is 64.4 Å². The second-order valence-corrected chi connectivity index (χ2v) is 16.5. The van der Waals surface area contributed by atoms with Crippen molar-refractivity contribution in [2.45, 2.75) is 122 Å². The molecule has 58 heavy (non-hydrogen) atoms. The van der Waals surface area contributed by atoms with E-state index in [1.54, 1.807) is 25.3 Å². The third kappa shape index (κ3) is 17.8. The molecule has 2 aliphatic heterocycles. The van der Waals surface area contributed by atoms with Gasteiger partial charge in [0.15, 0.2) is 0 Å². The van der Waals surface area contributed by atoms with E-state index in [1.807, 2.05) is 32.2 Å². The van der Waals surface area contributed by atoms with E-state index in [4.69, 9.17) is 22.7 Å².